The third-order valence-corrected chi connectivity index (χ3v) is 5.87. The van der Waals surface area contributed by atoms with Crippen molar-refractivity contribution in [3.8, 4) is 11.5 Å². The van der Waals surface area contributed by atoms with Gasteiger partial charge in [-0.15, -0.1) is 26.3 Å². The van der Waals surface area contributed by atoms with Crippen LogP contribution in [0.1, 0.15) is 0 Å². The number of alkyl halides is 6. The van der Waals surface area contributed by atoms with Crippen molar-refractivity contribution in [3.63, 3.8) is 0 Å². The van der Waals surface area contributed by atoms with Gasteiger partial charge in [0.05, 0.1) is 10.0 Å². The van der Waals surface area contributed by atoms with Gasteiger partial charge in [-0.3, -0.25) is 0 Å². The first-order valence-electron chi connectivity index (χ1n) is 6.79. The smallest absolute Gasteiger partial charge is 0.404 e. The number of rotatable bonds is 5. The summed E-state index contributed by atoms with van der Waals surface area (Å²) in [6.45, 7) is 0. The van der Waals surface area contributed by atoms with E-state index in [0.29, 0.717) is 0 Å². The molecule has 2 aromatic rings. The quantitative estimate of drug-likeness (QED) is 0.277. The number of benzene rings is 2. The lowest BCUT2D eigenvalue weighted by molar-refractivity contribution is -0.275. The lowest BCUT2D eigenvalue weighted by atomic mass is 10.3. The molecule has 28 heavy (non-hydrogen) atoms. The molecule has 0 atom stereocenters. The molecule has 0 aromatic heterocycles. The van der Waals surface area contributed by atoms with Gasteiger partial charge in [-0.25, -0.2) is 0 Å². The largest absolute Gasteiger partial charge is 0.573 e. The molecule has 0 aliphatic rings. The summed E-state index contributed by atoms with van der Waals surface area (Å²) in [5.74, 6) is -1.37. The number of anilines is 2. The van der Waals surface area contributed by atoms with Crippen molar-refractivity contribution in [1.29, 1.82) is 0 Å². The van der Waals surface area contributed by atoms with Crippen LogP contribution < -0.4 is 20.9 Å². The van der Waals surface area contributed by atoms with Crippen molar-refractivity contribution in [1.82, 2.24) is 0 Å². The van der Waals surface area contributed by atoms with Crippen LogP contribution in [0.3, 0.4) is 0 Å². The van der Waals surface area contributed by atoms with Gasteiger partial charge in [0.15, 0.2) is 0 Å². The van der Waals surface area contributed by atoms with E-state index in [9.17, 15) is 26.3 Å². The molecule has 4 nitrogen and oxygen atoms in total. The van der Waals surface area contributed by atoms with Gasteiger partial charge >= 0.3 is 12.7 Å². The SMILES string of the molecule is Nc1cc(Cl)c(OC(F)(F)F)cc1SSc1cc(OC(F)(F)F)c(Cl)cc1N. The molecule has 0 bridgehead atoms. The van der Waals surface area contributed by atoms with Crippen molar-refractivity contribution >= 4 is 56.2 Å². The van der Waals surface area contributed by atoms with Crippen LogP contribution in [-0.2, 0) is 0 Å². The van der Waals surface area contributed by atoms with Crippen LogP contribution in [0.2, 0.25) is 10.0 Å². The van der Waals surface area contributed by atoms with Gasteiger partial charge in [0.25, 0.3) is 0 Å². The van der Waals surface area contributed by atoms with E-state index >= 15 is 0 Å². The second kappa shape index (κ2) is 8.47. The molecule has 0 aliphatic heterocycles. The average Bonchev–Trinajstić information content (AvgIpc) is 2.50. The molecule has 0 saturated carbocycles. The lowest BCUT2D eigenvalue weighted by Crippen LogP contribution is -2.17. The Morgan fingerprint density at radius 2 is 1.00 bits per heavy atom. The maximum absolute atomic E-state index is 12.4. The van der Waals surface area contributed by atoms with Crippen LogP contribution >= 0.6 is 44.8 Å². The molecule has 0 heterocycles. The highest BCUT2D eigenvalue weighted by Crippen LogP contribution is 2.47. The highest BCUT2D eigenvalue weighted by molar-refractivity contribution is 8.76. The van der Waals surface area contributed by atoms with Crippen LogP contribution in [0.25, 0.3) is 0 Å². The fourth-order valence-corrected chi connectivity index (χ4v) is 4.37. The standard InChI is InChI=1S/C14H8Cl2F6N2O2S2/c15-5-1-7(23)11(3-9(5)25-13(17,18)19)27-28-12-4-10(26-14(20,21)22)6(16)2-8(12)24/h1-4H,23-24H2. The van der Waals surface area contributed by atoms with E-state index in [1.54, 1.807) is 0 Å². The Morgan fingerprint density at radius 3 is 1.29 bits per heavy atom. The fourth-order valence-electron chi connectivity index (χ4n) is 1.74. The number of hydrogen-bond acceptors (Lipinski definition) is 6. The van der Waals surface area contributed by atoms with E-state index in [2.05, 4.69) is 9.47 Å². The summed E-state index contributed by atoms with van der Waals surface area (Å²) in [7, 11) is 1.64. The van der Waals surface area contributed by atoms with E-state index in [1.807, 2.05) is 0 Å². The van der Waals surface area contributed by atoms with Crippen LogP contribution in [0.15, 0.2) is 34.1 Å². The summed E-state index contributed by atoms with van der Waals surface area (Å²) in [6, 6.07) is 3.99. The normalized spacial score (nSPS) is 12.1. The first kappa shape index (κ1) is 22.8. The Hall–Kier alpha value is -1.50. The minimum absolute atomic E-state index is 0.0244. The zero-order valence-corrected chi connectivity index (χ0v) is 16.3. The van der Waals surface area contributed by atoms with Crippen LogP contribution in [0.5, 0.6) is 11.5 Å². The van der Waals surface area contributed by atoms with E-state index in [1.165, 1.54) is 0 Å². The summed E-state index contributed by atoms with van der Waals surface area (Å²) < 4.78 is 82.1. The number of nitrogen functional groups attached to an aromatic ring is 2. The average molecular weight is 485 g/mol. The number of halogens is 8. The van der Waals surface area contributed by atoms with Gasteiger partial charge < -0.3 is 20.9 Å². The van der Waals surface area contributed by atoms with Crippen LogP contribution in [0.4, 0.5) is 37.7 Å². The second-order valence-electron chi connectivity index (χ2n) is 4.90. The summed E-state index contributed by atoms with van der Waals surface area (Å²) in [4.78, 5) is 0.225. The molecule has 2 rings (SSSR count). The first-order valence-corrected chi connectivity index (χ1v) is 9.70. The second-order valence-corrected chi connectivity index (χ2v) is 7.93. The van der Waals surface area contributed by atoms with Gasteiger partial charge in [0.1, 0.15) is 11.5 Å². The molecule has 0 spiro atoms. The molecule has 154 valence electrons. The molecule has 0 amide bonds. The van der Waals surface area contributed by atoms with Crippen molar-refractivity contribution in [2.75, 3.05) is 11.5 Å². The molecule has 14 heteroatoms. The van der Waals surface area contributed by atoms with Gasteiger partial charge in [-0.1, -0.05) is 44.8 Å². The lowest BCUT2D eigenvalue weighted by Gasteiger charge is -2.15. The monoisotopic (exact) mass is 484 g/mol. The van der Waals surface area contributed by atoms with Crippen molar-refractivity contribution in [3.05, 3.63) is 34.3 Å². The van der Waals surface area contributed by atoms with E-state index in [4.69, 9.17) is 34.7 Å². The molecule has 0 radical (unpaired) electrons. The Morgan fingerprint density at radius 1 is 0.679 bits per heavy atom. The summed E-state index contributed by atoms with van der Waals surface area (Å²) in [5, 5.41) is -0.730. The zero-order valence-electron chi connectivity index (χ0n) is 13.1. The number of hydrogen-bond donors (Lipinski definition) is 2. The molecular weight excluding hydrogens is 477 g/mol. The van der Waals surface area contributed by atoms with Gasteiger partial charge in [0.2, 0.25) is 0 Å². The molecule has 4 N–H and O–H groups in total. The van der Waals surface area contributed by atoms with Crippen molar-refractivity contribution in [2.24, 2.45) is 0 Å². The van der Waals surface area contributed by atoms with Gasteiger partial charge in [0, 0.05) is 21.2 Å². The van der Waals surface area contributed by atoms with Crippen LogP contribution in [-0.4, -0.2) is 12.7 Å². The Labute approximate surface area is 171 Å². The first-order chi connectivity index (χ1) is 12.7. The Bertz CT molecular complexity index is 809. The maximum atomic E-state index is 12.4. The molecule has 2 aromatic carbocycles. The third kappa shape index (κ3) is 6.54. The molecular formula is C14H8Cl2F6N2O2S2. The van der Waals surface area contributed by atoms with Crippen molar-refractivity contribution < 1.29 is 35.8 Å². The number of ether oxygens (including phenoxy) is 2. The topological polar surface area (TPSA) is 70.5 Å². The fraction of sp³-hybridized carbons (Fsp3) is 0.143. The van der Waals surface area contributed by atoms with Crippen molar-refractivity contribution in [2.45, 2.75) is 22.5 Å². The minimum Gasteiger partial charge on any atom is -0.404 e. The minimum atomic E-state index is -4.97. The molecule has 0 saturated heterocycles. The predicted molar refractivity (Wildman–Crippen MR) is 96.8 cm³/mol. The van der Waals surface area contributed by atoms with Gasteiger partial charge in [-0.2, -0.15) is 0 Å². The highest BCUT2D eigenvalue weighted by atomic mass is 35.5. The number of nitrogens with two attached hydrogens (primary N) is 2. The summed E-state index contributed by atoms with van der Waals surface area (Å²) in [6.07, 6.45) is -9.95. The van der Waals surface area contributed by atoms with E-state index in [0.717, 1.165) is 45.9 Å². The predicted octanol–water partition coefficient (Wildman–Crippen LogP) is 6.75. The zero-order chi connectivity index (χ0) is 21.3. The summed E-state index contributed by atoms with van der Waals surface area (Å²) >= 11 is 11.3. The Balaban J connectivity index is 2.26. The molecule has 0 unspecified atom stereocenters. The third-order valence-electron chi connectivity index (χ3n) is 2.80. The van der Waals surface area contributed by atoms with Gasteiger partial charge in [-0.05, 0) is 24.3 Å². The van der Waals surface area contributed by atoms with E-state index < -0.39 is 24.2 Å². The molecule has 0 fully saturated rings. The van der Waals surface area contributed by atoms with Crippen LogP contribution in [0, 0.1) is 0 Å². The Kier molecular flexibility index (Phi) is 6.90. The molecule has 0 aliphatic carbocycles. The maximum Gasteiger partial charge on any atom is 0.573 e. The van der Waals surface area contributed by atoms with E-state index in [-0.39, 0.29) is 31.2 Å². The highest BCUT2D eigenvalue weighted by Gasteiger charge is 2.33. The summed E-state index contributed by atoms with van der Waals surface area (Å²) in [5.41, 5.74) is 11.5.